The molecule has 1 aliphatic rings. The Kier molecular flexibility index (Phi) is 3.65. The van der Waals surface area contributed by atoms with Crippen LogP contribution in [-0.2, 0) is 27.2 Å². The van der Waals surface area contributed by atoms with E-state index in [9.17, 15) is 9.59 Å². The van der Waals surface area contributed by atoms with Crippen molar-refractivity contribution in [3.8, 4) is 0 Å². The summed E-state index contributed by atoms with van der Waals surface area (Å²) in [5.41, 5.74) is 3.27. The number of hydrogen-bond acceptors (Lipinski definition) is 3. The van der Waals surface area contributed by atoms with Gasteiger partial charge in [-0.2, -0.15) is 0 Å². The van der Waals surface area contributed by atoms with Crippen molar-refractivity contribution < 1.29 is 14.3 Å². The first kappa shape index (κ1) is 12.6. The number of carbonyl (C=O) groups is 2. The standard InChI is InChI=1S/C14H17NO3/c1-15-12-6-3-10(4-8-14(17)18-2)9-11(12)5-7-13(15)16/h3,6,9H,4-5,7-8H2,1-2H3. The van der Waals surface area contributed by atoms with Crippen molar-refractivity contribution in [3.05, 3.63) is 29.3 Å². The molecule has 96 valence electrons. The summed E-state index contributed by atoms with van der Waals surface area (Å²) < 4.78 is 4.62. The van der Waals surface area contributed by atoms with Crippen LogP contribution in [0.3, 0.4) is 0 Å². The molecule has 0 atom stereocenters. The van der Waals surface area contributed by atoms with Crippen LogP contribution >= 0.6 is 0 Å². The van der Waals surface area contributed by atoms with Crippen LogP contribution in [0.4, 0.5) is 5.69 Å². The summed E-state index contributed by atoms with van der Waals surface area (Å²) in [5, 5.41) is 0. The Morgan fingerprint density at radius 3 is 2.89 bits per heavy atom. The summed E-state index contributed by atoms with van der Waals surface area (Å²) >= 11 is 0. The van der Waals surface area contributed by atoms with Crippen LogP contribution in [-0.4, -0.2) is 26.0 Å². The number of esters is 1. The number of rotatable bonds is 3. The van der Waals surface area contributed by atoms with Crippen molar-refractivity contribution in [2.45, 2.75) is 25.7 Å². The molecular formula is C14H17NO3. The molecule has 0 unspecified atom stereocenters. The molecule has 1 aromatic carbocycles. The largest absolute Gasteiger partial charge is 0.469 e. The number of amides is 1. The molecule has 1 amide bonds. The van der Waals surface area contributed by atoms with E-state index in [0.717, 1.165) is 17.7 Å². The Labute approximate surface area is 107 Å². The van der Waals surface area contributed by atoms with E-state index in [0.29, 0.717) is 19.3 Å². The summed E-state index contributed by atoms with van der Waals surface area (Å²) in [6.07, 6.45) is 2.41. The Balaban J connectivity index is 2.13. The monoisotopic (exact) mass is 247 g/mol. The van der Waals surface area contributed by atoms with Crippen molar-refractivity contribution in [1.82, 2.24) is 0 Å². The number of ether oxygens (including phenoxy) is 1. The highest BCUT2D eigenvalue weighted by atomic mass is 16.5. The van der Waals surface area contributed by atoms with Crippen LogP contribution in [0.25, 0.3) is 0 Å². The lowest BCUT2D eigenvalue weighted by Crippen LogP contribution is -2.31. The zero-order valence-corrected chi connectivity index (χ0v) is 10.7. The maximum Gasteiger partial charge on any atom is 0.305 e. The molecule has 0 bridgehead atoms. The number of methoxy groups -OCH3 is 1. The fourth-order valence-electron chi connectivity index (χ4n) is 2.21. The summed E-state index contributed by atoms with van der Waals surface area (Å²) in [5.74, 6) is -0.0372. The van der Waals surface area contributed by atoms with E-state index in [4.69, 9.17) is 0 Å². The molecule has 0 radical (unpaired) electrons. The SMILES string of the molecule is COC(=O)CCc1ccc2c(c1)CCC(=O)N2C. The molecule has 2 rings (SSSR count). The van der Waals surface area contributed by atoms with Crippen molar-refractivity contribution in [2.24, 2.45) is 0 Å². The number of hydrogen-bond donors (Lipinski definition) is 0. The molecule has 0 fully saturated rings. The molecule has 0 saturated heterocycles. The molecule has 0 aliphatic carbocycles. The topological polar surface area (TPSA) is 46.6 Å². The van der Waals surface area contributed by atoms with E-state index >= 15 is 0 Å². The highest BCUT2D eigenvalue weighted by molar-refractivity contribution is 5.95. The third-order valence-corrected chi connectivity index (χ3v) is 3.33. The summed E-state index contributed by atoms with van der Waals surface area (Å²) in [4.78, 5) is 24.4. The molecule has 1 heterocycles. The van der Waals surface area contributed by atoms with Gasteiger partial charge < -0.3 is 9.64 Å². The van der Waals surface area contributed by atoms with Gasteiger partial charge >= 0.3 is 5.97 Å². The van der Waals surface area contributed by atoms with Crippen molar-refractivity contribution in [3.63, 3.8) is 0 Å². The summed E-state index contributed by atoms with van der Waals surface area (Å²) in [6.45, 7) is 0. The van der Waals surface area contributed by atoms with Gasteiger partial charge in [0.15, 0.2) is 0 Å². The number of fused-ring (bicyclic) bond motifs is 1. The fraction of sp³-hybridized carbons (Fsp3) is 0.429. The predicted octanol–water partition coefficient (Wildman–Crippen LogP) is 1.70. The normalized spacial score (nSPS) is 14.3. The van der Waals surface area contributed by atoms with Gasteiger partial charge in [0.1, 0.15) is 0 Å². The number of anilines is 1. The molecule has 4 heteroatoms. The molecule has 0 N–H and O–H groups in total. The number of nitrogens with zero attached hydrogens (tertiary/aromatic N) is 1. The third-order valence-electron chi connectivity index (χ3n) is 3.33. The Morgan fingerprint density at radius 1 is 1.39 bits per heavy atom. The average Bonchev–Trinajstić information content (AvgIpc) is 2.40. The quantitative estimate of drug-likeness (QED) is 0.764. The van der Waals surface area contributed by atoms with E-state index in [1.54, 1.807) is 11.9 Å². The molecule has 0 saturated carbocycles. The lowest BCUT2D eigenvalue weighted by atomic mass is 9.97. The van der Waals surface area contributed by atoms with Crippen molar-refractivity contribution in [1.29, 1.82) is 0 Å². The van der Waals surface area contributed by atoms with Gasteiger partial charge in [-0.1, -0.05) is 12.1 Å². The summed E-state index contributed by atoms with van der Waals surface area (Å²) in [6, 6.07) is 6.01. The highest BCUT2D eigenvalue weighted by Crippen LogP contribution is 2.27. The van der Waals surface area contributed by atoms with E-state index in [2.05, 4.69) is 10.8 Å². The van der Waals surface area contributed by atoms with Crippen molar-refractivity contribution in [2.75, 3.05) is 19.1 Å². The summed E-state index contributed by atoms with van der Waals surface area (Å²) in [7, 11) is 3.20. The van der Waals surface area contributed by atoms with E-state index in [-0.39, 0.29) is 11.9 Å². The van der Waals surface area contributed by atoms with Gasteiger partial charge in [-0.15, -0.1) is 0 Å². The predicted molar refractivity (Wildman–Crippen MR) is 68.5 cm³/mol. The maximum atomic E-state index is 11.6. The van der Waals surface area contributed by atoms with E-state index < -0.39 is 0 Å². The van der Waals surface area contributed by atoms with Crippen LogP contribution < -0.4 is 4.90 Å². The zero-order chi connectivity index (χ0) is 13.1. The molecule has 18 heavy (non-hydrogen) atoms. The van der Waals surface area contributed by atoms with Gasteiger partial charge in [0.25, 0.3) is 0 Å². The number of carbonyl (C=O) groups excluding carboxylic acids is 2. The Morgan fingerprint density at radius 2 is 2.17 bits per heavy atom. The number of benzene rings is 1. The smallest absolute Gasteiger partial charge is 0.305 e. The van der Waals surface area contributed by atoms with Crippen LogP contribution in [0.1, 0.15) is 24.0 Å². The lowest BCUT2D eigenvalue weighted by Gasteiger charge is -2.26. The highest BCUT2D eigenvalue weighted by Gasteiger charge is 2.20. The van der Waals surface area contributed by atoms with Crippen molar-refractivity contribution >= 4 is 17.6 Å². The first-order chi connectivity index (χ1) is 8.61. The average molecular weight is 247 g/mol. The third kappa shape index (κ3) is 2.53. The zero-order valence-electron chi connectivity index (χ0n) is 10.7. The van der Waals surface area contributed by atoms with Gasteiger partial charge in [-0.3, -0.25) is 9.59 Å². The van der Waals surface area contributed by atoms with E-state index in [1.165, 1.54) is 12.7 Å². The second-order valence-corrected chi connectivity index (χ2v) is 4.49. The van der Waals surface area contributed by atoms with Crippen LogP contribution in [0.15, 0.2) is 18.2 Å². The second kappa shape index (κ2) is 5.21. The molecule has 4 nitrogen and oxygen atoms in total. The van der Waals surface area contributed by atoms with Gasteiger partial charge in [0.2, 0.25) is 5.91 Å². The molecule has 0 spiro atoms. The molecular weight excluding hydrogens is 230 g/mol. The van der Waals surface area contributed by atoms with Gasteiger partial charge in [-0.25, -0.2) is 0 Å². The molecule has 1 aliphatic heterocycles. The maximum absolute atomic E-state index is 11.6. The second-order valence-electron chi connectivity index (χ2n) is 4.49. The van der Waals surface area contributed by atoms with Gasteiger partial charge in [-0.05, 0) is 30.0 Å². The molecule has 0 aromatic heterocycles. The first-order valence-electron chi connectivity index (χ1n) is 6.07. The lowest BCUT2D eigenvalue weighted by molar-refractivity contribution is -0.140. The fourth-order valence-corrected chi connectivity index (χ4v) is 2.21. The van der Waals surface area contributed by atoms with Gasteiger partial charge in [0.05, 0.1) is 7.11 Å². The van der Waals surface area contributed by atoms with E-state index in [1.807, 2.05) is 12.1 Å². The van der Waals surface area contributed by atoms with Crippen LogP contribution in [0.5, 0.6) is 0 Å². The molecule has 1 aromatic rings. The Bertz CT molecular complexity index is 482. The van der Waals surface area contributed by atoms with Gasteiger partial charge in [0, 0.05) is 25.6 Å². The minimum absolute atomic E-state index is 0.157. The van der Waals surface area contributed by atoms with Crippen LogP contribution in [0, 0.1) is 0 Å². The minimum Gasteiger partial charge on any atom is -0.469 e. The first-order valence-corrected chi connectivity index (χ1v) is 6.07. The Hall–Kier alpha value is -1.84. The number of aryl methyl sites for hydroxylation is 2. The minimum atomic E-state index is -0.194. The van der Waals surface area contributed by atoms with Crippen LogP contribution in [0.2, 0.25) is 0 Å².